The van der Waals surface area contributed by atoms with Crippen LogP contribution in [0.15, 0.2) is 66.4 Å². The number of Topliss-reactive ketones (excluding diaryl/α,β-unsaturated/α-hetero) is 1. The highest BCUT2D eigenvalue weighted by Gasteiger charge is 2.27. The number of allylic oxidation sites excluding steroid dienone is 1. The molecule has 3 aromatic carbocycles. The number of ether oxygens (including phenoxy) is 3. The molecule has 0 saturated carbocycles. The molecule has 3 aromatic rings. The van der Waals surface area contributed by atoms with Gasteiger partial charge < -0.3 is 14.2 Å². The fraction of sp³-hybridized carbons (Fsp3) is 0.125. The van der Waals surface area contributed by atoms with Gasteiger partial charge in [-0.1, -0.05) is 41.4 Å². The predicted octanol–water partition coefficient (Wildman–Crippen LogP) is 6.59. The van der Waals surface area contributed by atoms with Gasteiger partial charge in [-0.2, -0.15) is 0 Å². The van der Waals surface area contributed by atoms with Crippen LogP contribution in [-0.2, 0) is 6.61 Å². The fourth-order valence-corrected chi connectivity index (χ4v) is 3.57. The van der Waals surface area contributed by atoms with E-state index >= 15 is 0 Å². The fourth-order valence-electron chi connectivity index (χ4n) is 3.06. The number of rotatable bonds is 6. The highest BCUT2D eigenvalue weighted by Crippen LogP contribution is 2.35. The molecule has 0 bridgehead atoms. The van der Waals surface area contributed by atoms with E-state index in [1.165, 1.54) is 0 Å². The summed E-state index contributed by atoms with van der Waals surface area (Å²) in [6.07, 6.45) is 1.71. The van der Waals surface area contributed by atoms with Crippen molar-refractivity contribution in [3.8, 4) is 17.2 Å². The zero-order valence-electron chi connectivity index (χ0n) is 16.2. The van der Waals surface area contributed by atoms with E-state index in [0.29, 0.717) is 39.3 Å². The summed E-state index contributed by atoms with van der Waals surface area (Å²) in [6.45, 7) is 2.74. The van der Waals surface area contributed by atoms with Crippen molar-refractivity contribution >= 4 is 35.1 Å². The van der Waals surface area contributed by atoms with Crippen molar-refractivity contribution < 1.29 is 19.0 Å². The summed E-state index contributed by atoms with van der Waals surface area (Å²) in [5, 5.41) is 1.08. The Morgan fingerprint density at radius 3 is 2.33 bits per heavy atom. The Kier molecular flexibility index (Phi) is 5.98. The molecule has 0 aliphatic carbocycles. The molecule has 0 unspecified atom stereocenters. The third kappa shape index (κ3) is 4.30. The van der Waals surface area contributed by atoms with Gasteiger partial charge in [-0.15, -0.1) is 0 Å². The van der Waals surface area contributed by atoms with Gasteiger partial charge in [0.1, 0.15) is 23.9 Å². The molecule has 1 aliphatic heterocycles. The van der Waals surface area contributed by atoms with Crippen LogP contribution >= 0.6 is 23.2 Å². The van der Waals surface area contributed by atoms with E-state index in [4.69, 9.17) is 37.4 Å². The van der Waals surface area contributed by atoms with Gasteiger partial charge in [0.05, 0.1) is 12.2 Å². The topological polar surface area (TPSA) is 44.8 Å². The quantitative estimate of drug-likeness (QED) is 0.405. The zero-order valence-corrected chi connectivity index (χ0v) is 17.7. The Hall–Kier alpha value is -2.95. The minimum atomic E-state index is -0.167. The average Bonchev–Trinajstić information content (AvgIpc) is 3.04. The minimum absolute atomic E-state index is 0.167. The normalized spacial score (nSPS) is 13.8. The smallest absolute Gasteiger partial charge is 0.231 e. The van der Waals surface area contributed by atoms with Gasteiger partial charge in [0, 0.05) is 21.7 Å². The lowest BCUT2D eigenvalue weighted by atomic mass is 10.1. The average molecular weight is 441 g/mol. The van der Waals surface area contributed by atoms with Crippen LogP contribution in [0.4, 0.5) is 0 Å². The summed E-state index contributed by atoms with van der Waals surface area (Å²) < 4.78 is 17.0. The highest BCUT2D eigenvalue weighted by atomic mass is 35.5. The first-order chi connectivity index (χ1) is 14.5. The molecule has 6 heteroatoms. The Balaban J connectivity index is 1.49. The SMILES string of the molecule is CCOc1ccc(C=C2Oc3cc(OCc4c(Cl)cccc4Cl)ccc3C2=O)cc1. The maximum Gasteiger partial charge on any atom is 0.231 e. The molecule has 0 spiro atoms. The zero-order chi connectivity index (χ0) is 21.1. The molecule has 4 rings (SSSR count). The summed E-state index contributed by atoms with van der Waals surface area (Å²) >= 11 is 12.4. The number of hydrogen-bond acceptors (Lipinski definition) is 4. The molecular formula is C24H18Cl2O4. The molecule has 152 valence electrons. The molecule has 1 aliphatic rings. The van der Waals surface area contributed by atoms with Gasteiger partial charge in [-0.25, -0.2) is 0 Å². The predicted molar refractivity (Wildman–Crippen MR) is 118 cm³/mol. The second-order valence-electron chi connectivity index (χ2n) is 6.59. The maximum absolute atomic E-state index is 12.7. The van der Waals surface area contributed by atoms with Gasteiger partial charge in [-0.3, -0.25) is 4.79 Å². The van der Waals surface area contributed by atoms with Gasteiger partial charge in [0.25, 0.3) is 0 Å². The number of ketones is 1. The molecule has 0 saturated heterocycles. The van der Waals surface area contributed by atoms with Gasteiger partial charge in [0.15, 0.2) is 5.76 Å². The van der Waals surface area contributed by atoms with Crippen LogP contribution in [0.25, 0.3) is 6.08 Å². The first-order valence-corrected chi connectivity index (χ1v) is 10.2. The number of benzene rings is 3. The van der Waals surface area contributed by atoms with Crippen LogP contribution in [0.5, 0.6) is 17.2 Å². The molecule has 30 heavy (non-hydrogen) atoms. The second kappa shape index (κ2) is 8.82. The van der Waals surface area contributed by atoms with Gasteiger partial charge in [0.2, 0.25) is 5.78 Å². The Bertz CT molecular complexity index is 1100. The van der Waals surface area contributed by atoms with E-state index < -0.39 is 0 Å². The van der Waals surface area contributed by atoms with E-state index in [1.54, 1.807) is 42.5 Å². The number of fused-ring (bicyclic) bond motifs is 1. The van der Waals surface area contributed by atoms with Crippen LogP contribution in [-0.4, -0.2) is 12.4 Å². The van der Waals surface area contributed by atoms with Crippen molar-refractivity contribution in [2.24, 2.45) is 0 Å². The number of carbonyl (C=O) groups excluding carboxylic acids is 1. The van der Waals surface area contributed by atoms with Gasteiger partial charge in [-0.05, 0) is 55.0 Å². The molecule has 0 fully saturated rings. The summed E-state index contributed by atoms with van der Waals surface area (Å²) in [4.78, 5) is 12.7. The van der Waals surface area contributed by atoms with Crippen LogP contribution in [0.2, 0.25) is 10.0 Å². The molecule has 0 aromatic heterocycles. The number of halogens is 2. The van der Waals surface area contributed by atoms with E-state index in [1.807, 2.05) is 31.2 Å². The molecule has 0 N–H and O–H groups in total. The summed E-state index contributed by atoms with van der Waals surface area (Å²) in [6, 6.07) is 17.9. The summed E-state index contributed by atoms with van der Waals surface area (Å²) in [5.41, 5.74) is 2.05. The van der Waals surface area contributed by atoms with E-state index in [-0.39, 0.29) is 18.1 Å². The summed E-state index contributed by atoms with van der Waals surface area (Å²) in [7, 11) is 0. The third-order valence-electron chi connectivity index (χ3n) is 4.58. The van der Waals surface area contributed by atoms with Crippen molar-refractivity contribution in [1.29, 1.82) is 0 Å². The molecule has 1 heterocycles. The van der Waals surface area contributed by atoms with Gasteiger partial charge >= 0.3 is 0 Å². The van der Waals surface area contributed by atoms with Crippen LogP contribution < -0.4 is 14.2 Å². The monoisotopic (exact) mass is 440 g/mol. The highest BCUT2D eigenvalue weighted by molar-refractivity contribution is 6.35. The van der Waals surface area contributed by atoms with Crippen molar-refractivity contribution in [1.82, 2.24) is 0 Å². The first-order valence-electron chi connectivity index (χ1n) is 9.42. The minimum Gasteiger partial charge on any atom is -0.494 e. The van der Waals surface area contributed by atoms with Crippen molar-refractivity contribution in [3.63, 3.8) is 0 Å². The molecule has 4 nitrogen and oxygen atoms in total. The van der Waals surface area contributed by atoms with E-state index in [0.717, 1.165) is 11.3 Å². The lowest BCUT2D eigenvalue weighted by Crippen LogP contribution is -1.98. The molecule has 0 amide bonds. The van der Waals surface area contributed by atoms with E-state index in [2.05, 4.69) is 0 Å². The molecule has 0 radical (unpaired) electrons. The standard InChI is InChI=1S/C24H18Cl2O4/c1-2-28-16-8-6-15(7-9-16)12-23-24(27)18-11-10-17(13-22(18)30-23)29-14-19-20(25)4-3-5-21(19)26/h3-13H,2,14H2,1H3. The second-order valence-corrected chi connectivity index (χ2v) is 7.40. The van der Waals surface area contributed by atoms with Crippen molar-refractivity contribution in [2.75, 3.05) is 6.61 Å². The van der Waals surface area contributed by atoms with Crippen molar-refractivity contribution in [3.05, 3.63) is 93.2 Å². The Morgan fingerprint density at radius 1 is 0.933 bits per heavy atom. The summed E-state index contributed by atoms with van der Waals surface area (Å²) in [5.74, 6) is 1.89. The Morgan fingerprint density at radius 2 is 1.63 bits per heavy atom. The van der Waals surface area contributed by atoms with E-state index in [9.17, 15) is 4.79 Å². The first kappa shape index (κ1) is 20.3. The molecular weight excluding hydrogens is 423 g/mol. The van der Waals surface area contributed by atoms with Crippen molar-refractivity contribution in [2.45, 2.75) is 13.5 Å². The van der Waals surface area contributed by atoms with Crippen LogP contribution in [0, 0.1) is 0 Å². The lowest BCUT2D eigenvalue weighted by molar-refractivity contribution is 0.101. The number of hydrogen-bond donors (Lipinski definition) is 0. The largest absolute Gasteiger partial charge is 0.494 e. The number of carbonyl (C=O) groups is 1. The molecule has 0 atom stereocenters. The van der Waals surface area contributed by atoms with Crippen LogP contribution in [0.1, 0.15) is 28.4 Å². The lowest BCUT2D eigenvalue weighted by Gasteiger charge is -2.10. The van der Waals surface area contributed by atoms with Crippen LogP contribution in [0.3, 0.4) is 0 Å². The Labute approximate surface area is 184 Å². The maximum atomic E-state index is 12.7. The third-order valence-corrected chi connectivity index (χ3v) is 5.28.